The normalized spacial score (nSPS) is 12.0. The standard InChI is InChI=1S/C30H33NO7/c1-3-4-5-9-22(2)10-6-12-24(31)21-37-26-14-8-13-25(19-26)36-20-23-11-7-15-27(18-23)38-28(30(34)35)16-17-29(32)33/h3-11,13-15,18-19,28,31H,2,12,16-17,20-21H2,1H3,(H,32,33)(H,34,35)/b4-3-,9-5-,10-6?,31-24?. The van der Waals surface area contributed by atoms with Crippen LogP contribution in [0.15, 0.2) is 97.1 Å². The maximum atomic E-state index is 11.4. The Morgan fingerprint density at radius 1 is 1.00 bits per heavy atom. The van der Waals surface area contributed by atoms with Gasteiger partial charge in [0.05, 0.1) is 5.71 Å². The van der Waals surface area contributed by atoms with Crippen molar-refractivity contribution in [3.05, 3.63) is 103 Å². The van der Waals surface area contributed by atoms with Gasteiger partial charge in [-0.05, 0) is 42.3 Å². The van der Waals surface area contributed by atoms with Gasteiger partial charge >= 0.3 is 11.9 Å². The molecule has 0 aliphatic rings. The highest BCUT2D eigenvalue weighted by molar-refractivity contribution is 5.84. The van der Waals surface area contributed by atoms with Gasteiger partial charge in [-0.15, -0.1) is 0 Å². The Labute approximate surface area is 222 Å². The van der Waals surface area contributed by atoms with Gasteiger partial charge in [-0.25, -0.2) is 4.79 Å². The summed E-state index contributed by atoms with van der Waals surface area (Å²) < 4.78 is 17.0. The highest BCUT2D eigenvalue weighted by Gasteiger charge is 2.20. The van der Waals surface area contributed by atoms with Gasteiger partial charge in [-0.1, -0.05) is 61.2 Å². The number of aliphatic carboxylic acids is 2. The van der Waals surface area contributed by atoms with Crippen molar-refractivity contribution in [2.45, 2.75) is 38.9 Å². The Morgan fingerprint density at radius 3 is 2.42 bits per heavy atom. The van der Waals surface area contributed by atoms with Crippen LogP contribution in [0.25, 0.3) is 0 Å². The summed E-state index contributed by atoms with van der Waals surface area (Å²) in [6.45, 7) is 6.21. The fraction of sp³-hybridized carbons (Fsp3) is 0.233. The Kier molecular flexibility index (Phi) is 12.6. The van der Waals surface area contributed by atoms with Crippen LogP contribution in [-0.2, 0) is 16.2 Å². The lowest BCUT2D eigenvalue weighted by Crippen LogP contribution is -2.27. The van der Waals surface area contributed by atoms with Crippen molar-refractivity contribution in [1.82, 2.24) is 0 Å². The van der Waals surface area contributed by atoms with Crippen molar-refractivity contribution >= 4 is 17.7 Å². The van der Waals surface area contributed by atoms with Crippen LogP contribution in [0.3, 0.4) is 0 Å². The molecule has 0 aromatic heterocycles. The minimum atomic E-state index is -1.26. The molecule has 0 radical (unpaired) electrons. The molecule has 0 aliphatic carbocycles. The molecule has 0 saturated heterocycles. The van der Waals surface area contributed by atoms with Gasteiger partial charge in [-0.2, -0.15) is 0 Å². The quantitative estimate of drug-likeness (QED) is 0.173. The number of carboxylic acid groups (broad SMARTS) is 2. The molecule has 8 nitrogen and oxygen atoms in total. The van der Waals surface area contributed by atoms with Crippen LogP contribution in [0.5, 0.6) is 17.2 Å². The first-order valence-corrected chi connectivity index (χ1v) is 12.0. The SMILES string of the molecule is C=C(C=CCC(=N)COc1cccc(OCc2cccc(OC(CCC(=O)O)C(=O)O)c2)c1)/C=C\C=C/C. The number of hydrogen-bond acceptors (Lipinski definition) is 6. The summed E-state index contributed by atoms with van der Waals surface area (Å²) in [6, 6.07) is 13.8. The third kappa shape index (κ3) is 11.9. The number of allylic oxidation sites excluding steroid dienone is 7. The lowest BCUT2D eigenvalue weighted by Gasteiger charge is -2.15. The van der Waals surface area contributed by atoms with E-state index < -0.39 is 18.0 Å². The molecular formula is C30H33NO7. The summed E-state index contributed by atoms with van der Waals surface area (Å²) in [7, 11) is 0. The molecule has 2 aromatic rings. The van der Waals surface area contributed by atoms with Gasteiger partial charge in [0, 0.05) is 25.3 Å². The predicted molar refractivity (Wildman–Crippen MR) is 146 cm³/mol. The van der Waals surface area contributed by atoms with E-state index in [4.69, 9.17) is 24.7 Å². The first-order chi connectivity index (χ1) is 18.3. The van der Waals surface area contributed by atoms with E-state index >= 15 is 0 Å². The van der Waals surface area contributed by atoms with Crippen LogP contribution in [0, 0.1) is 5.41 Å². The number of nitrogens with one attached hydrogen (secondary N) is 1. The van der Waals surface area contributed by atoms with Crippen LogP contribution in [0.1, 0.15) is 31.7 Å². The molecule has 8 heteroatoms. The van der Waals surface area contributed by atoms with Gasteiger partial charge in [0.1, 0.15) is 30.5 Å². The number of carbonyl (C=O) groups is 2. The molecule has 0 saturated carbocycles. The number of benzene rings is 2. The van der Waals surface area contributed by atoms with E-state index in [1.807, 2.05) is 43.4 Å². The molecule has 0 bridgehead atoms. The van der Waals surface area contributed by atoms with E-state index in [1.54, 1.807) is 48.5 Å². The maximum Gasteiger partial charge on any atom is 0.344 e. The van der Waals surface area contributed by atoms with E-state index in [0.29, 0.717) is 29.4 Å². The van der Waals surface area contributed by atoms with Crippen molar-refractivity contribution in [3.63, 3.8) is 0 Å². The van der Waals surface area contributed by atoms with E-state index in [-0.39, 0.29) is 26.1 Å². The molecule has 3 N–H and O–H groups in total. The molecular weight excluding hydrogens is 486 g/mol. The highest BCUT2D eigenvalue weighted by atomic mass is 16.5. The van der Waals surface area contributed by atoms with Crippen LogP contribution >= 0.6 is 0 Å². The molecule has 1 unspecified atom stereocenters. The first kappa shape index (κ1) is 29.6. The van der Waals surface area contributed by atoms with Crippen molar-refractivity contribution in [2.75, 3.05) is 6.61 Å². The molecule has 0 aliphatic heterocycles. The number of carboxylic acids is 2. The molecule has 0 amide bonds. The van der Waals surface area contributed by atoms with Crippen LogP contribution in [-0.4, -0.2) is 40.6 Å². The molecule has 0 fully saturated rings. The van der Waals surface area contributed by atoms with Gasteiger partial charge in [-0.3, -0.25) is 4.79 Å². The Balaban J connectivity index is 1.86. The van der Waals surface area contributed by atoms with Crippen LogP contribution in [0.4, 0.5) is 0 Å². The monoisotopic (exact) mass is 519 g/mol. The second-order valence-electron chi connectivity index (χ2n) is 8.25. The molecule has 38 heavy (non-hydrogen) atoms. The summed E-state index contributed by atoms with van der Waals surface area (Å²) in [5.41, 5.74) is 2.00. The van der Waals surface area contributed by atoms with E-state index in [0.717, 1.165) is 11.1 Å². The average molecular weight is 520 g/mol. The van der Waals surface area contributed by atoms with Crippen LogP contribution in [0.2, 0.25) is 0 Å². The van der Waals surface area contributed by atoms with Gasteiger partial charge in [0.2, 0.25) is 0 Å². The third-order valence-corrected chi connectivity index (χ3v) is 5.01. The molecule has 200 valence electrons. The fourth-order valence-electron chi connectivity index (χ4n) is 3.11. The van der Waals surface area contributed by atoms with Gasteiger partial charge in [0.15, 0.2) is 6.10 Å². The molecule has 0 spiro atoms. The molecule has 2 rings (SSSR count). The minimum absolute atomic E-state index is 0.140. The number of hydrogen-bond donors (Lipinski definition) is 3. The summed E-state index contributed by atoms with van der Waals surface area (Å²) in [4.78, 5) is 22.1. The van der Waals surface area contributed by atoms with Crippen molar-refractivity contribution in [1.29, 1.82) is 5.41 Å². The van der Waals surface area contributed by atoms with Gasteiger partial charge in [0.25, 0.3) is 0 Å². The first-order valence-electron chi connectivity index (χ1n) is 12.0. The largest absolute Gasteiger partial charge is 0.489 e. The van der Waals surface area contributed by atoms with Crippen molar-refractivity contribution in [2.24, 2.45) is 0 Å². The second-order valence-corrected chi connectivity index (χ2v) is 8.25. The lowest BCUT2D eigenvalue weighted by atomic mass is 10.2. The van der Waals surface area contributed by atoms with Crippen molar-refractivity contribution in [3.8, 4) is 17.2 Å². The zero-order valence-electron chi connectivity index (χ0n) is 21.3. The maximum absolute atomic E-state index is 11.4. The minimum Gasteiger partial charge on any atom is -0.489 e. The summed E-state index contributed by atoms with van der Waals surface area (Å²) in [6.07, 6.45) is 10.1. The van der Waals surface area contributed by atoms with E-state index in [2.05, 4.69) is 6.58 Å². The topological polar surface area (TPSA) is 126 Å². The highest BCUT2D eigenvalue weighted by Crippen LogP contribution is 2.22. The summed E-state index contributed by atoms with van der Waals surface area (Å²) >= 11 is 0. The number of rotatable bonds is 17. The number of ether oxygens (including phenoxy) is 3. The van der Waals surface area contributed by atoms with E-state index in [9.17, 15) is 14.7 Å². The Morgan fingerprint density at radius 2 is 1.71 bits per heavy atom. The van der Waals surface area contributed by atoms with Crippen molar-refractivity contribution < 1.29 is 34.0 Å². The van der Waals surface area contributed by atoms with Crippen LogP contribution < -0.4 is 14.2 Å². The third-order valence-electron chi connectivity index (χ3n) is 5.01. The van der Waals surface area contributed by atoms with Gasteiger partial charge < -0.3 is 29.8 Å². The zero-order chi connectivity index (χ0) is 27.8. The second kappa shape index (κ2) is 16.2. The average Bonchev–Trinajstić information content (AvgIpc) is 2.89. The molecule has 0 heterocycles. The lowest BCUT2D eigenvalue weighted by molar-refractivity contribution is -0.146. The zero-order valence-corrected chi connectivity index (χ0v) is 21.3. The predicted octanol–water partition coefficient (Wildman–Crippen LogP) is 6.00. The fourth-order valence-corrected chi connectivity index (χ4v) is 3.11. The molecule has 1 atom stereocenters. The Hall–Kier alpha value is -4.59. The molecule has 2 aromatic carbocycles. The summed E-state index contributed by atoms with van der Waals surface area (Å²) in [5, 5.41) is 26.2. The Bertz CT molecular complexity index is 1200. The van der Waals surface area contributed by atoms with E-state index in [1.165, 1.54) is 0 Å². The summed E-state index contributed by atoms with van der Waals surface area (Å²) in [5.74, 6) is -0.872. The smallest absolute Gasteiger partial charge is 0.344 e.